The van der Waals surface area contributed by atoms with Gasteiger partial charge in [0.25, 0.3) is 0 Å². The number of carbonyl (C=O) groups is 2. The highest BCUT2D eigenvalue weighted by Crippen LogP contribution is 2.39. The van der Waals surface area contributed by atoms with Crippen LogP contribution in [0.4, 0.5) is 0 Å². The maximum atomic E-state index is 11.1. The fourth-order valence-corrected chi connectivity index (χ4v) is 3.20. The van der Waals surface area contributed by atoms with Crippen LogP contribution in [0, 0.1) is 5.41 Å². The third-order valence-electron chi connectivity index (χ3n) is 4.64. The summed E-state index contributed by atoms with van der Waals surface area (Å²) in [5, 5.41) is 0. The Balaban J connectivity index is 1.96. The van der Waals surface area contributed by atoms with Crippen LogP contribution in [0.3, 0.4) is 0 Å². The van der Waals surface area contributed by atoms with Gasteiger partial charge >= 0.3 is 0 Å². The first-order valence-corrected chi connectivity index (χ1v) is 8.07. The number of ketones is 2. The van der Waals surface area contributed by atoms with Gasteiger partial charge in [-0.3, -0.25) is 9.59 Å². The minimum Gasteiger partial charge on any atom is -0.291 e. The summed E-state index contributed by atoms with van der Waals surface area (Å²) in [6.07, 6.45) is 14.7. The SMILES string of the molecule is CC(=O)C(=O)CCCCCCCC1(C)CCCCC1. The zero-order valence-corrected chi connectivity index (χ0v) is 12.8. The minimum atomic E-state index is -0.287. The van der Waals surface area contributed by atoms with Crippen LogP contribution in [0.1, 0.15) is 90.9 Å². The van der Waals surface area contributed by atoms with E-state index in [0.717, 1.165) is 12.8 Å². The van der Waals surface area contributed by atoms with Gasteiger partial charge in [-0.15, -0.1) is 0 Å². The van der Waals surface area contributed by atoms with Crippen molar-refractivity contribution in [2.24, 2.45) is 5.41 Å². The summed E-state index contributed by atoms with van der Waals surface area (Å²) in [7, 11) is 0. The van der Waals surface area contributed by atoms with Gasteiger partial charge in [0, 0.05) is 13.3 Å². The number of rotatable bonds is 9. The molecule has 0 amide bonds. The van der Waals surface area contributed by atoms with E-state index in [4.69, 9.17) is 0 Å². The first-order chi connectivity index (χ1) is 9.03. The highest BCUT2D eigenvalue weighted by atomic mass is 16.2. The third-order valence-corrected chi connectivity index (χ3v) is 4.64. The molecule has 1 rings (SSSR count). The van der Waals surface area contributed by atoms with Crippen LogP contribution in [-0.4, -0.2) is 11.6 Å². The number of hydrogen-bond acceptors (Lipinski definition) is 2. The highest BCUT2D eigenvalue weighted by Gasteiger charge is 2.25. The largest absolute Gasteiger partial charge is 0.291 e. The van der Waals surface area contributed by atoms with Crippen LogP contribution >= 0.6 is 0 Å². The molecule has 0 bridgehead atoms. The monoisotopic (exact) mass is 266 g/mol. The van der Waals surface area contributed by atoms with Crippen LogP contribution in [0.25, 0.3) is 0 Å². The van der Waals surface area contributed by atoms with Gasteiger partial charge in [-0.25, -0.2) is 0 Å². The first-order valence-electron chi connectivity index (χ1n) is 8.07. The molecule has 0 heterocycles. The maximum absolute atomic E-state index is 11.1. The van der Waals surface area contributed by atoms with Gasteiger partial charge in [-0.1, -0.05) is 51.9 Å². The molecule has 0 atom stereocenters. The molecule has 0 aromatic carbocycles. The number of unbranched alkanes of at least 4 members (excludes halogenated alkanes) is 4. The van der Waals surface area contributed by atoms with Crippen molar-refractivity contribution in [1.82, 2.24) is 0 Å². The van der Waals surface area contributed by atoms with Gasteiger partial charge in [0.1, 0.15) is 0 Å². The normalized spacial score (nSPS) is 18.2. The summed E-state index contributed by atoms with van der Waals surface area (Å²) in [6, 6.07) is 0. The molecule has 0 N–H and O–H groups in total. The van der Waals surface area contributed by atoms with E-state index in [2.05, 4.69) is 6.92 Å². The first kappa shape index (κ1) is 16.4. The lowest BCUT2D eigenvalue weighted by Crippen LogP contribution is -2.19. The Morgan fingerprint density at radius 1 is 0.895 bits per heavy atom. The van der Waals surface area contributed by atoms with Gasteiger partial charge in [-0.05, 0) is 31.1 Å². The highest BCUT2D eigenvalue weighted by molar-refractivity contribution is 6.36. The Hall–Kier alpha value is -0.660. The topological polar surface area (TPSA) is 34.1 Å². The van der Waals surface area contributed by atoms with Crippen molar-refractivity contribution in [3.8, 4) is 0 Å². The predicted molar refractivity (Wildman–Crippen MR) is 79.2 cm³/mol. The van der Waals surface area contributed by atoms with Gasteiger partial charge in [-0.2, -0.15) is 0 Å². The molecule has 1 aliphatic carbocycles. The molecule has 0 saturated heterocycles. The number of carbonyl (C=O) groups excluding carboxylic acids is 2. The lowest BCUT2D eigenvalue weighted by molar-refractivity contribution is -0.135. The van der Waals surface area contributed by atoms with E-state index in [9.17, 15) is 9.59 Å². The lowest BCUT2D eigenvalue weighted by atomic mass is 9.72. The molecular formula is C17H30O2. The van der Waals surface area contributed by atoms with Gasteiger partial charge in [0.2, 0.25) is 0 Å². The molecule has 0 aromatic rings. The summed E-state index contributed by atoms with van der Waals surface area (Å²) in [5.74, 6) is -0.486. The molecule has 0 radical (unpaired) electrons. The molecule has 19 heavy (non-hydrogen) atoms. The summed E-state index contributed by atoms with van der Waals surface area (Å²) < 4.78 is 0. The van der Waals surface area contributed by atoms with Crippen molar-refractivity contribution in [2.45, 2.75) is 90.9 Å². The van der Waals surface area contributed by atoms with Gasteiger partial charge < -0.3 is 0 Å². The van der Waals surface area contributed by atoms with Gasteiger partial charge in [0.15, 0.2) is 11.6 Å². The van der Waals surface area contributed by atoms with Crippen molar-refractivity contribution >= 4 is 11.6 Å². The van der Waals surface area contributed by atoms with Crippen LogP contribution in [0.15, 0.2) is 0 Å². The Morgan fingerprint density at radius 2 is 1.47 bits per heavy atom. The van der Waals surface area contributed by atoms with Crippen molar-refractivity contribution in [3.05, 3.63) is 0 Å². The fraction of sp³-hybridized carbons (Fsp3) is 0.882. The van der Waals surface area contributed by atoms with Crippen molar-refractivity contribution < 1.29 is 9.59 Å². The number of hydrogen-bond donors (Lipinski definition) is 0. The molecule has 1 fully saturated rings. The Bertz CT molecular complexity index is 288. The zero-order chi connectivity index (χ0) is 14.1. The summed E-state index contributed by atoms with van der Waals surface area (Å²) in [6.45, 7) is 3.82. The Labute approximate surface area is 118 Å². The quantitative estimate of drug-likeness (QED) is 0.442. The molecule has 0 unspecified atom stereocenters. The van der Waals surface area contributed by atoms with Crippen LogP contribution in [-0.2, 0) is 9.59 Å². The van der Waals surface area contributed by atoms with E-state index in [1.165, 1.54) is 64.7 Å². The average molecular weight is 266 g/mol. The standard InChI is InChI=1S/C17H30O2/c1-15(18)16(19)11-7-4-3-5-8-12-17(2)13-9-6-10-14-17/h3-14H2,1-2H3. The summed E-state index contributed by atoms with van der Waals surface area (Å²) in [4.78, 5) is 21.9. The maximum Gasteiger partial charge on any atom is 0.198 e. The molecule has 1 aliphatic rings. The van der Waals surface area contributed by atoms with Gasteiger partial charge in [0.05, 0.1) is 0 Å². The molecule has 0 spiro atoms. The van der Waals surface area contributed by atoms with E-state index >= 15 is 0 Å². The molecule has 1 saturated carbocycles. The summed E-state index contributed by atoms with van der Waals surface area (Å²) in [5.41, 5.74) is 0.614. The van der Waals surface area contributed by atoms with Crippen LogP contribution in [0.5, 0.6) is 0 Å². The second-order valence-electron chi connectivity index (χ2n) is 6.62. The van der Waals surface area contributed by atoms with E-state index < -0.39 is 0 Å². The molecular weight excluding hydrogens is 236 g/mol. The van der Waals surface area contributed by atoms with E-state index in [1.807, 2.05) is 0 Å². The van der Waals surface area contributed by atoms with Crippen LogP contribution < -0.4 is 0 Å². The molecule has 0 aromatic heterocycles. The smallest absolute Gasteiger partial charge is 0.198 e. The van der Waals surface area contributed by atoms with E-state index in [0.29, 0.717) is 11.8 Å². The number of Topliss-reactive ketones (excluding diaryl/α,β-unsaturated/α-hetero) is 2. The Kier molecular flexibility index (Phi) is 7.33. The van der Waals surface area contributed by atoms with E-state index in [1.54, 1.807) is 0 Å². The summed E-state index contributed by atoms with van der Waals surface area (Å²) >= 11 is 0. The van der Waals surface area contributed by atoms with E-state index in [-0.39, 0.29) is 11.6 Å². The minimum absolute atomic E-state index is 0.199. The van der Waals surface area contributed by atoms with Crippen molar-refractivity contribution in [3.63, 3.8) is 0 Å². The second-order valence-corrected chi connectivity index (χ2v) is 6.62. The molecule has 110 valence electrons. The predicted octanol–water partition coefficient (Wildman–Crippen LogP) is 4.85. The third kappa shape index (κ3) is 6.89. The molecule has 2 heteroatoms. The second kappa shape index (κ2) is 8.50. The van der Waals surface area contributed by atoms with Crippen molar-refractivity contribution in [1.29, 1.82) is 0 Å². The molecule has 2 nitrogen and oxygen atoms in total. The Morgan fingerprint density at radius 3 is 2.11 bits per heavy atom. The lowest BCUT2D eigenvalue weighted by Gasteiger charge is -2.33. The zero-order valence-electron chi connectivity index (χ0n) is 12.8. The molecule has 0 aliphatic heterocycles. The average Bonchev–Trinajstić information content (AvgIpc) is 2.38. The van der Waals surface area contributed by atoms with Crippen LogP contribution in [0.2, 0.25) is 0 Å². The van der Waals surface area contributed by atoms with Crippen molar-refractivity contribution in [2.75, 3.05) is 0 Å². The fourth-order valence-electron chi connectivity index (χ4n) is 3.20.